The molecule has 112 valence electrons. The van der Waals surface area contributed by atoms with Crippen LogP contribution in [-0.2, 0) is 4.79 Å². The summed E-state index contributed by atoms with van der Waals surface area (Å²) in [6.07, 6.45) is 8.30. The summed E-state index contributed by atoms with van der Waals surface area (Å²) in [4.78, 5) is 12.2. The average Bonchev–Trinajstić information content (AvgIpc) is 2.36. The van der Waals surface area contributed by atoms with Crippen molar-refractivity contribution in [1.29, 1.82) is 0 Å². The number of carbonyl (C=O) groups excluding carboxylic acids is 1. The van der Waals surface area contributed by atoms with E-state index in [1.165, 1.54) is 12.8 Å². The number of aliphatic hydroxyl groups excluding tert-OH is 1. The predicted molar refractivity (Wildman–Crippen MR) is 78.9 cm³/mol. The second-order valence-corrected chi connectivity index (χ2v) is 6.74. The van der Waals surface area contributed by atoms with Gasteiger partial charge in [0.2, 0.25) is 5.91 Å². The lowest BCUT2D eigenvalue weighted by Crippen LogP contribution is -2.40. The van der Waals surface area contributed by atoms with E-state index in [0.29, 0.717) is 5.92 Å². The first-order valence-corrected chi connectivity index (χ1v) is 7.92. The molecule has 1 rings (SSSR count). The van der Waals surface area contributed by atoms with Gasteiger partial charge in [-0.3, -0.25) is 4.79 Å². The minimum Gasteiger partial charge on any atom is -0.393 e. The molecular formula is C16H31NO2. The first kappa shape index (κ1) is 16.5. The molecule has 2 atom stereocenters. The maximum atomic E-state index is 12.2. The summed E-state index contributed by atoms with van der Waals surface area (Å²) in [7, 11) is 0. The molecular weight excluding hydrogens is 238 g/mol. The van der Waals surface area contributed by atoms with Crippen LogP contribution in [0.15, 0.2) is 0 Å². The maximum absolute atomic E-state index is 12.2. The smallest absolute Gasteiger partial charge is 0.225 e. The third-order valence-electron chi connectivity index (χ3n) is 4.33. The summed E-state index contributed by atoms with van der Waals surface area (Å²) < 4.78 is 0. The Morgan fingerprint density at radius 3 is 2.68 bits per heavy atom. The van der Waals surface area contributed by atoms with Gasteiger partial charge >= 0.3 is 0 Å². The van der Waals surface area contributed by atoms with Crippen LogP contribution < -0.4 is 5.32 Å². The molecule has 1 amide bonds. The number of carbonyl (C=O) groups is 1. The Kier molecular flexibility index (Phi) is 6.84. The van der Waals surface area contributed by atoms with Crippen LogP contribution in [0.5, 0.6) is 0 Å². The maximum Gasteiger partial charge on any atom is 0.225 e. The fourth-order valence-electron chi connectivity index (χ4n) is 2.85. The van der Waals surface area contributed by atoms with Gasteiger partial charge in [0, 0.05) is 12.0 Å². The Balaban J connectivity index is 2.28. The molecule has 0 saturated heterocycles. The predicted octanol–water partition coefficient (Wildman–Crippen LogP) is 3.26. The van der Waals surface area contributed by atoms with Gasteiger partial charge in [-0.2, -0.15) is 0 Å². The molecule has 2 N–H and O–H groups in total. The van der Waals surface area contributed by atoms with Crippen LogP contribution in [0.4, 0.5) is 0 Å². The Labute approximate surface area is 118 Å². The Morgan fingerprint density at radius 2 is 2.05 bits per heavy atom. The van der Waals surface area contributed by atoms with Gasteiger partial charge in [0.15, 0.2) is 0 Å². The molecule has 19 heavy (non-hydrogen) atoms. The van der Waals surface area contributed by atoms with Gasteiger partial charge in [-0.25, -0.2) is 0 Å². The molecule has 0 aliphatic heterocycles. The van der Waals surface area contributed by atoms with Crippen LogP contribution in [0.1, 0.15) is 72.1 Å². The van der Waals surface area contributed by atoms with Gasteiger partial charge in [-0.1, -0.05) is 46.5 Å². The van der Waals surface area contributed by atoms with E-state index in [1.807, 2.05) is 13.8 Å². The number of hydrogen-bond acceptors (Lipinski definition) is 2. The van der Waals surface area contributed by atoms with Crippen LogP contribution in [0, 0.1) is 11.3 Å². The molecule has 0 radical (unpaired) electrons. The SMILES string of the molecule is CCCCCC(C)(C)C(=O)NCC1CCCC(O)C1. The van der Waals surface area contributed by atoms with Gasteiger partial charge < -0.3 is 10.4 Å². The normalized spacial score (nSPS) is 24.2. The molecule has 0 spiro atoms. The van der Waals surface area contributed by atoms with Crippen LogP contribution in [0.3, 0.4) is 0 Å². The topological polar surface area (TPSA) is 49.3 Å². The highest BCUT2D eigenvalue weighted by Crippen LogP contribution is 2.26. The van der Waals surface area contributed by atoms with Crippen molar-refractivity contribution in [3.05, 3.63) is 0 Å². The van der Waals surface area contributed by atoms with Gasteiger partial charge in [0.05, 0.1) is 6.10 Å². The molecule has 1 aliphatic carbocycles. The minimum absolute atomic E-state index is 0.159. The molecule has 0 aromatic heterocycles. The zero-order valence-electron chi connectivity index (χ0n) is 12.9. The second-order valence-electron chi connectivity index (χ2n) is 6.74. The van der Waals surface area contributed by atoms with Crippen molar-refractivity contribution in [3.8, 4) is 0 Å². The van der Waals surface area contributed by atoms with E-state index in [1.54, 1.807) is 0 Å². The molecule has 0 heterocycles. The Bertz CT molecular complexity index is 276. The molecule has 1 fully saturated rings. The van der Waals surface area contributed by atoms with Crippen LogP contribution >= 0.6 is 0 Å². The van der Waals surface area contributed by atoms with E-state index >= 15 is 0 Å². The third kappa shape index (κ3) is 5.94. The van der Waals surface area contributed by atoms with E-state index in [4.69, 9.17) is 0 Å². The fourth-order valence-corrected chi connectivity index (χ4v) is 2.85. The van der Waals surface area contributed by atoms with Gasteiger partial charge in [-0.05, 0) is 31.6 Å². The van der Waals surface area contributed by atoms with Gasteiger partial charge in [0.1, 0.15) is 0 Å². The molecule has 3 heteroatoms. The van der Waals surface area contributed by atoms with E-state index in [-0.39, 0.29) is 17.4 Å². The highest BCUT2D eigenvalue weighted by molar-refractivity contribution is 5.81. The lowest BCUT2D eigenvalue weighted by molar-refractivity contribution is -0.130. The number of rotatable bonds is 7. The fraction of sp³-hybridized carbons (Fsp3) is 0.938. The van der Waals surface area contributed by atoms with Crippen molar-refractivity contribution in [2.75, 3.05) is 6.54 Å². The molecule has 1 aliphatic rings. The number of nitrogens with one attached hydrogen (secondary N) is 1. The van der Waals surface area contributed by atoms with Gasteiger partial charge in [0.25, 0.3) is 0 Å². The molecule has 0 bridgehead atoms. The van der Waals surface area contributed by atoms with Crippen molar-refractivity contribution in [1.82, 2.24) is 5.32 Å². The Hall–Kier alpha value is -0.570. The lowest BCUT2D eigenvalue weighted by Gasteiger charge is -2.28. The summed E-state index contributed by atoms with van der Waals surface area (Å²) in [6.45, 7) is 6.98. The molecule has 0 aromatic rings. The van der Waals surface area contributed by atoms with Crippen molar-refractivity contribution < 1.29 is 9.90 Å². The quantitative estimate of drug-likeness (QED) is 0.697. The molecule has 1 saturated carbocycles. The van der Waals surface area contributed by atoms with Crippen LogP contribution in [0.25, 0.3) is 0 Å². The number of amides is 1. The first-order valence-electron chi connectivity index (χ1n) is 7.92. The highest BCUT2D eigenvalue weighted by Gasteiger charge is 2.28. The second kappa shape index (κ2) is 7.88. The molecule has 0 aromatic carbocycles. The number of aliphatic hydroxyl groups is 1. The van der Waals surface area contributed by atoms with Crippen molar-refractivity contribution in [2.24, 2.45) is 11.3 Å². The summed E-state index contributed by atoms with van der Waals surface area (Å²) in [5.41, 5.74) is -0.261. The van der Waals surface area contributed by atoms with Crippen molar-refractivity contribution in [2.45, 2.75) is 78.2 Å². The summed E-state index contributed by atoms with van der Waals surface area (Å²) in [5.74, 6) is 0.628. The lowest BCUT2D eigenvalue weighted by atomic mass is 9.84. The van der Waals surface area contributed by atoms with Crippen molar-refractivity contribution >= 4 is 5.91 Å². The minimum atomic E-state index is -0.261. The molecule has 3 nitrogen and oxygen atoms in total. The Morgan fingerprint density at radius 1 is 1.32 bits per heavy atom. The number of hydrogen-bond donors (Lipinski definition) is 2. The molecule has 2 unspecified atom stereocenters. The van der Waals surface area contributed by atoms with E-state index in [9.17, 15) is 9.90 Å². The first-order chi connectivity index (χ1) is 8.95. The summed E-state index contributed by atoms with van der Waals surface area (Å²) >= 11 is 0. The van der Waals surface area contributed by atoms with Crippen LogP contribution in [-0.4, -0.2) is 23.7 Å². The summed E-state index contributed by atoms with van der Waals surface area (Å²) in [6, 6.07) is 0. The zero-order valence-corrected chi connectivity index (χ0v) is 12.9. The zero-order chi connectivity index (χ0) is 14.3. The summed E-state index contributed by atoms with van der Waals surface area (Å²) in [5, 5.41) is 12.7. The van der Waals surface area contributed by atoms with E-state index in [0.717, 1.165) is 45.1 Å². The van der Waals surface area contributed by atoms with Gasteiger partial charge in [-0.15, -0.1) is 0 Å². The number of unbranched alkanes of at least 4 members (excludes halogenated alkanes) is 2. The average molecular weight is 269 g/mol. The third-order valence-corrected chi connectivity index (χ3v) is 4.33. The van der Waals surface area contributed by atoms with E-state index < -0.39 is 0 Å². The van der Waals surface area contributed by atoms with Crippen molar-refractivity contribution in [3.63, 3.8) is 0 Å². The van der Waals surface area contributed by atoms with E-state index in [2.05, 4.69) is 12.2 Å². The van der Waals surface area contributed by atoms with Crippen LogP contribution in [0.2, 0.25) is 0 Å². The largest absolute Gasteiger partial charge is 0.393 e. The highest BCUT2D eigenvalue weighted by atomic mass is 16.3. The standard InChI is InChI=1S/C16H31NO2/c1-4-5-6-10-16(2,3)15(19)17-12-13-8-7-9-14(18)11-13/h13-14,18H,4-12H2,1-3H3,(H,17,19). The monoisotopic (exact) mass is 269 g/mol.